The lowest BCUT2D eigenvalue weighted by Crippen LogP contribution is -2.54. The third-order valence-corrected chi connectivity index (χ3v) is 1.82. The Morgan fingerprint density at radius 3 is 2.06 bits per heavy atom. The smallest absolute Gasteiger partial charge is 0.262 e. The van der Waals surface area contributed by atoms with Crippen LogP contribution in [0.15, 0.2) is 12.7 Å². The molecule has 0 rings (SSSR count). The second-order valence-electron chi connectivity index (χ2n) is 4.24. The van der Waals surface area contributed by atoms with Crippen LogP contribution in [0.4, 0.5) is 0 Å². The molecule has 0 aliphatic heterocycles. The normalized spacial score (nSPS) is 13.1. The largest absolute Gasteiger partial charge is 0.756 e. The third-order valence-electron chi connectivity index (χ3n) is 1.82. The second kappa shape index (κ2) is 7.58. The van der Waals surface area contributed by atoms with Crippen molar-refractivity contribution in [2.24, 2.45) is 0 Å². The quantitative estimate of drug-likeness (QED) is 0.267. The summed E-state index contributed by atoms with van der Waals surface area (Å²) >= 11 is 0. The predicted molar refractivity (Wildman–Crippen MR) is 62.5 cm³/mol. The summed E-state index contributed by atoms with van der Waals surface area (Å²) in [6.45, 7) is 5.46. The highest BCUT2D eigenvalue weighted by Crippen LogP contribution is 2.18. The van der Waals surface area contributed by atoms with E-state index in [1.807, 2.05) is 0 Å². The Hall–Kier alpha value is -0.720. The van der Waals surface area contributed by atoms with E-state index in [1.54, 1.807) is 0 Å². The molecule has 1 amide bonds. The van der Waals surface area contributed by atoms with E-state index >= 15 is 0 Å². The van der Waals surface area contributed by atoms with Gasteiger partial charge in [0.2, 0.25) is 5.91 Å². The van der Waals surface area contributed by atoms with E-state index in [0.29, 0.717) is 0 Å². The topological polar surface area (TPSA) is 110 Å². The fraction of sp³-hybridized carbons (Fsp3) is 0.667. The molecule has 0 aromatic rings. The highest BCUT2D eigenvalue weighted by molar-refractivity contribution is 7.43. The Morgan fingerprint density at radius 2 is 1.88 bits per heavy atom. The Balaban J connectivity index is 0. The lowest BCUT2D eigenvalue weighted by molar-refractivity contribution is -0.898. The Labute approximate surface area is 102 Å². The number of rotatable bonds is 4. The van der Waals surface area contributed by atoms with Gasteiger partial charge in [0.15, 0.2) is 6.17 Å². The molecule has 3 N–H and O–H groups in total. The van der Waals surface area contributed by atoms with Crippen molar-refractivity contribution in [2.45, 2.75) is 19.5 Å². The highest BCUT2D eigenvalue weighted by atomic mass is 31.2. The van der Waals surface area contributed by atoms with Gasteiger partial charge >= 0.3 is 0 Å². The van der Waals surface area contributed by atoms with Gasteiger partial charge in [-0.1, -0.05) is 13.5 Å². The van der Waals surface area contributed by atoms with Crippen molar-refractivity contribution >= 4 is 13.7 Å². The van der Waals surface area contributed by atoms with E-state index in [0.717, 1.165) is 10.9 Å². The van der Waals surface area contributed by atoms with Crippen molar-refractivity contribution in [3.63, 3.8) is 0 Å². The summed E-state index contributed by atoms with van der Waals surface area (Å²) in [4.78, 5) is 33.9. The van der Waals surface area contributed by atoms with Crippen LogP contribution in [0.1, 0.15) is 13.3 Å². The SMILES string of the molecule is C=CC(=O)NC(CC)[N+](C)(C)C.O=P([O-])(O)O. The fourth-order valence-electron chi connectivity index (χ4n) is 1.07. The average Bonchev–Trinajstić information content (AvgIpc) is 2.08. The highest BCUT2D eigenvalue weighted by Gasteiger charge is 2.22. The van der Waals surface area contributed by atoms with E-state index in [1.165, 1.54) is 6.08 Å². The van der Waals surface area contributed by atoms with Gasteiger partial charge in [-0.15, -0.1) is 0 Å². The molecule has 0 saturated carbocycles. The van der Waals surface area contributed by atoms with E-state index in [-0.39, 0.29) is 12.1 Å². The predicted octanol–water partition coefficient (Wildman–Crippen LogP) is -0.830. The molecule has 0 fully saturated rings. The molecule has 0 aliphatic rings. The first kappa shape index (κ1) is 18.6. The summed E-state index contributed by atoms with van der Waals surface area (Å²) in [5.74, 6) is -0.102. The molecule has 1 unspecified atom stereocenters. The van der Waals surface area contributed by atoms with Crippen LogP contribution in [0.5, 0.6) is 0 Å². The maximum atomic E-state index is 11.0. The molecular formula is C9H21N2O5P. The summed E-state index contributed by atoms with van der Waals surface area (Å²) in [5.41, 5.74) is 0. The number of nitrogens with one attached hydrogen (secondary N) is 1. The van der Waals surface area contributed by atoms with E-state index < -0.39 is 7.82 Å². The molecule has 102 valence electrons. The molecule has 0 aromatic carbocycles. The Kier molecular flexibility index (Phi) is 8.31. The molecule has 0 aromatic heterocycles. The van der Waals surface area contributed by atoms with Crippen molar-refractivity contribution in [3.8, 4) is 0 Å². The van der Waals surface area contributed by atoms with Crippen molar-refractivity contribution in [2.75, 3.05) is 21.1 Å². The lowest BCUT2D eigenvalue weighted by atomic mass is 10.3. The average molecular weight is 268 g/mol. The number of nitrogens with zero attached hydrogens (tertiary/aromatic N) is 1. The van der Waals surface area contributed by atoms with Gasteiger partial charge in [0, 0.05) is 6.42 Å². The van der Waals surface area contributed by atoms with Crippen molar-refractivity contribution in [1.82, 2.24) is 5.32 Å². The van der Waals surface area contributed by atoms with Gasteiger partial charge in [0.05, 0.1) is 21.1 Å². The van der Waals surface area contributed by atoms with Crippen LogP contribution in [0, 0.1) is 0 Å². The van der Waals surface area contributed by atoms with E-state index in [2.05, 4.69) is 40.0 Å². The van der Waals surface area contributed by atoms with Gasteiger partial charge in [0.25, 0.3) is 7.82 Å². The van der Waals surface area contributed by atoms with Crippen molar-refractivity contribution < 1.29 is 28.5 Å². The molecule has 0 saturated heterocycles. The zero-order valence-corrected chi connectivity index (χ0v) is 11.5. The lowest BCUT2D eigenvalue weighted by Gasteiger charge is -2.33. The molecule has 0 aliphatic carbocycles. The standard InChI is InChI=1S/C9H18N2O.H3O4P/c1-6-8(11(3,4)5)10-9(12)7-2;1-5(2,3)4/h7-8H,2,6H2,1,3-5H3;(H3,1,2,3,4). The van der Waals surface area contributed by atoms with Crippen LogP contribution in [0.2, 0.25) is 0 Å². The Morgan fingerprint density at radius 1 is 1.53 bits per heavy atom. The van der Waals surface area contributed by atoms with Crippen LogP contribution in [-0.2, 0) is 9.36 Å². The second-order valence-corrected chi connectivity index (χ2v) is 5.22. The molecule has 8 heteroatoms. The summed E-state index contributed by atoms with van der Waals surface area (Å²) in [7, 11) is 1.27. The summed E-state index contributed by atoms with van der Waals surface area (Å²) in [5, 5.41) is 2.87. The fourth-order valence-corrected chi connectivity index (χ4v) is 1.07. The van der Waals surface area contributed by atoms with Crippen LogP contribution < -0.4 is 10.2 Å². The van der Waals surface area contributed by atoms with Gasteiger partial charge in [-0.3, -0.25) is 9.36 Å². The first-order valence-electron chi connectivity index (χ1n) is 4.92. The van der Waals surface area contributed by atoms with Crippen LogP contribution in [-0.4, -0.2) is 47.5 Å². The van der Waals surface area contributed by atoms with Gasteiger partial charge in [-0.25, -0.2) is 0 Å². The number of hydrogen-bond acceptors (Lipinski definition) is 3. The molecule has 0 heterocycles. The van der Waals surface area contributed by atoms with Crippen LogP contribution >= 0.6 is 7.82 Å². The maximum absolute atomic E-state index is 11.0. The molecule has 17 heavy (non-hydrogen) atoms. The van der Waals surface area contributed by atoms with E-state index in [4.69, 9.17) is 19.2 Å². The molecule has 0 bridgehead atoms. The van der Waals surface area contributed by atoms with Gasteiger partial charge in [0.1, 0.15) is 0 Å². The molecule has 1 atom stereocenters. The van der Waals surface area contributed by atoms with Crippen LogP contribution in [0.25, 0.3) is 0 Å². The minimum atomic E-state index is -4.89. The first-order valence-corrected chi connectivity index (χ1v) is 6.45. The van der Waals surface area contributed by atoms with Crippen molar-refractivity contribution in [1.29, 1.82) is 0 Å². The number of carbonyl (C=O) groups is 1. The summed E-state index contributed by atoms with van der Waals surface area (Å²) in [6.07, 6.45) is 2.39. The third kappa shape index (κ3) is 15.3. The number of amides is 1. The maximum Gasteiger partial charge on any atom is 0.262 e. The molecule has 0 spiro atoms. The molecule has 7 nitrogen and oxygen atoms in total. The minimum absolute atomic E-state index is 0.102. The van der Waals surface area contributed by atoms with Gasteiger partial charge in [-0.05, 0) is 6.08 Å². The van der Waals surface area contributed by atoms with Gasteiger partial charge < -0.3 is 24.5 Å². The molecular weight excluding hydrogens is 247 g/mol. The first-order chi connectivity index (χ1) is 7.41. The number of quaternary nitrogens is 1. The zero-order valence-electron chi connectivity index (χ0n) is 10.6. The summed E-state index contributed by atoms with van der Waals surface area (Å²) in [6, 6.07) is 0. The van der Waals surface area contributed by atoms with E-state index in [9.17, 15) is 4.79 Å². The monoisotopic (exact) mass is 268 g/mol. The molecule has 0 radical (unpaired) electrons. The zero-order chi connectivity index (χ0) is 14.3. The summed E-state index contributed by atoms with van der Waals surface area (Å²) < 4.78 is 9.50. The van der Waals surface area contributed by atoms with Gasteiger partial charge in [-0.2, -0.15) is 0 Å². The van der Waals surface area contributed by atoms with Crippen molar-refractivity contribution in [3.05, 3.63) is 12.7 Å². The minimum Gasteiger partial charge on any atom is -0.756 e. The number of hydrogen-bond donors (Lipinski definition) is 3. The number of phosphoric acid groups is 1. The Bertz CT molecular complexity index is 286. The van der Waals surface area contributed by atoms with Crippen LogP contribution in [0.3, 0.4) is 0 Å². The number of carbonyl (C=O) groups excluding carboxylic acids is 1.